The first kappa shape index (κ1) is 14.0. The second-order valence-electron chi connectivity index (χ2n) is 4.09. The molecular formula is C12H10F3N2O3+. The smallest absolute Gasteiger partial charge is 0.402 e. The lowest BCUT2D eigenvalue weighted by atomic mass is 10.2. The van der Waals surface area contributed by atoms with Crippen LogP contribution in [0.15, 0.2) is 30.3 Å². The third-order valence-electron chi connectivity index (χ3n) is 2.62. The number of rotatable bonds is 2. The molecule has 8 heteroatoms. The molecule has 0 aromatic heterocycles. The highest BCUT2D eigenvalue weighted by Crippen LogP contribution is 2.29. The molecule has 20 heavy (non-hydrogen) atoms. The number of hydrogen-bond acceptors (Lipinski definition) is 3. The average molecular weight is 287 g/mol. The molecule has 0 radical (unpaired) electrons. The van der Waals surface area contributed by atoms with Crippen molar-refractivity contribution in [2.75, 3.05) is 0 Å². The summed E-state index contributed by atoms with van der Waals surface area (Å²) in [6.07, 6.45) is -5.10. The van der Waals surface area contributed by atoms with Gasteiger partial charge in [0.05, 0.1) is 5.56 Å². The van der Waals surface area contributed by atoms with Crippen molar-refractivity contribution in [1.82, 2.24) is 5.32 Å². The van der Waals surface area contributed by atoms with E-state index < -0.39 is 23.8 Å². The number of amides is 1. The van der Waals surface area contributed by atoms with Crippen molar-refractivity contribution >= 4 is 17.7 Å². The molecule has 5 nitrogen and oxygen atoms in total. The Morgan fingerprint density at radius 2 is 1.90 bits per heavy atom. The van der Waals surface area contributed by atoms with Crippen molar-refractivity contribution in [3.05, 3.63) is 35.9 Å². The molecule has 1 aliphatic rings. The molecule has 2 N–H and O–H groups in total. The molecule has 1 aliphatic heterocycles. The minimum atomic E-state index is -5.10. The van der Waals surface area contributed by atoms with Crippen molar-refractivity contribution in [2.24, 2.45) is 0 Å². The van der Waals surface area contributed by atoms with Gasteiger partial charge in [0.1, 0.15) is 0 Å². The van der Waals surface area contributed by atoms with Gasteiger partial charge in [-0.1, -0.05) is 18.2 Å². The predicted molar refractivity (Wildman–Crippen MR) is 60.2 cm³/mol. The van der Waals surface area contributed by atoms with Crippen LogP contribution in [0.1, 0.15) is 12.5 Å². The summed E-state index contributed by atoms with van der Waals surface area (Å²) < 4.78 is 43.5. The SMILES string of the molecule is CC(=O)O[C@]1(C(F)(F)F)[NH+]=C(c2ccccc2)NC1=O. The zero-order valence-electron chi connectivity index (χ0n) is 10.2. The molecule has 0 saturated carbocycles. The molecule has 106 valence electrons. The number of carbonyl (C=O) groups is 2. The molecule has 0 saturated heterocycles. The number of amidine groups is 1. The van der Waals surface area contributed by atoms with Crippen LogP contribution >= 0.6 is 0 Å². The molecule has 1 atom stereocenters. The number of benzene rings is 1. The van der Waals surface area contributed by atoms with Crippen LogP contribution in [0.2, 0.25) is 0 Å². The molecule has 1 amide bonds. The third kappa shape index (κ3) is 2.24. The van der Waals surface area contributed by atoms with Gasteiger partial charge in [0, 0.05) is 6.92 Å². The van der Waals surface area contributed by atoms with E-state index in [0.29, 0.717) is 5.56 Å². The molecule has 1 aromatic carbocycles. The van der Waals surface area contributed by atoms with Crippen LogP contribution in [0.5, 0.6) is 0 Å². The van der Waals surface area contributed by atoms with Gasteiger partial charge in [-0.2, -0.15) is 13.2 Å². The van der Waals surface area contributed by atoms with Gasteiger partial charge < -0.3 is 4.74 Å². The molecule has 0 bridgehead atoms. The van der Waals surface area contributed by atoms with Crippen LogP contribution in [0.25, 0.3) is 0 Å². The van der Waals surface area contributed by atoms with E-state index in [9.17, 15) is 22.8 Å². The Bertz CT molecular complexity index is 583. The largest absolute Gasteiger partial charge is 0.485 e. The third-order valence-corrected chi connectivity index (χ3v) is 2.62. The minimum absolute atomic E-state index is 0.172. The lowest BCUT2D eigenvalue weighted by Gasteiger charge is -2.21. The van der Waals surface area contributed by atoms with Crippen LogP contribution in [0.4, 0.5) is 13.2 Å². The van der Waals surface area contributed by atoms with Crippen molar-refractivity contribution in [3.63, 3.8) is 0 Å². The first-order chi connectivity index (χ1) is 9.26. The average Bonchev–Trinajstić information content (AvgIpc) is 2.68. The summed E-state index contributed by atoms with van der Waals surface area (Å²) in [5.74, 6) is -2.88. The summed E-state index contributed by atoms with van der Waals surface area (Å²) in [5.41, 5.74) is -3.07. The van der Waals surface area contributed by atoms with Crippen molar-refractivity contribution in [1.29, 1.82) is 0 Å². The maximum Gasteiger partial charge on any atom is 0.485 e. The fourth-order valence-corrected chi connectivity index (χ4v) is 1.76. The van der Waals surface area contributed by atoms with Gasteiger partial charge in [0.25, 0.3) is 5.84 Å². The van der Waals surface area contributed by atoms with E-state index in [1.165, 1.54) is 12.1 Å². The number of alkyl halides is 3. The second-order valence-corrected chi connectivity index (χ2v) is 4.09. The van der Waals surface area contributed by atoms with E-state index in [2.05, 4.69) is 4.74 Å². The molecule has 0 aliphatic carbocycles. The van der Waals surface area contributed by atoms with Crippen LogP contribution in [0.3, 0.4) is 0 Å². The minimum Gasteiger partial charge on any atom is -0.402 e. The standard InChI is InChI=1S/C12H9F3N2O3/c1-7(18)20-11(12(13,14)15)10(19)16-9(17-11)8-5-3-2-4-6-8/h2-6H,1H3,(H,16,17,19)/p+1/t11-/m1/s1. The topological polar surface area (TPSA) is 69.4 Å². The van der Waals surface area contributed by atoms with E-state index >= 15 is 0 Å². The van der Waals surface area contributed by atoms with Gasteiger partial charge >= 0.3 is 23.8 Å². The lowest BCUT2D eigenvalue weighted by molar-refractivity contribution is -0.627. The highest BCUT2D eigenvalue weighted by Gasteiger charge is 2.72. The molecule has 1 aromatic rings. The van der Waals surface area contributed by atoms with E-state index in [1.54, 1.807) is 18.2 Å². The van der Waals surface area contributed by atoms with Crippen LogP contribution in [-0.2, 0) is 14.3 Å². The Kier molecular flexibility index (Phi) is 3.24. The summed E-state index contributed by atoms with van der Waals surface area (Å²) in [6.45, 7) is 0.795. The molecule has 0 unspecified atom stereocenters. The Morgan fingerprint density at radius 1 is 1.30 bits per heavy atom. The van der Waals surface area contributed by atoms with Gasteiger partial charge in [0.2, 0.25) is 0 Å². The predicted octanol–water partition coefficient (Wildman–Crippen LogP) is -0.535. The fourth-order valence-electron chi connectivity index (χ4n) is 1.76. The number of esters is 1. The second kappa shape index (κ2) is 4.62. The number of halogens is 3. The zero-order valence-corrected chi connectivity index (χ0v) is 10.2. The monoisotopic (exact) mass is 287 g/mol. The number of hydrogen-bond donors (Lipinski definition) is 2. The van der Waals surface area contributed by atoms with Gasteiger partial charge in [-0.25, -0.2) is 15.1 Å². The zero-order chi connectivity index (χ0) is 15.0. The quantitative estimate of drug-likeness (QED) is 0.718. The van der Waals surface area contributed by atoms with E-state index in [0.717, 1.165) is 6.92 Å². The van der Waals surface area contributed by atoms with Gasteiger partial charge in [0.15, 0.2) is 0 Å². The number of ether oxygens (including phenoxy) is 1. The highest BCUT2D eigenvalue weighted by molar-refractivity contribution is 6.10. The molecule has 0 spiro atoms. The first-order valence-electron chi connectivity index (χ1n) is 5.54. The van der Waals surface area contributed by atoms with Crippen LogP contribution in [-0.4, -0.2) is 29.6 Å². The Balaban J connectivity index is 2.50. The lowest BCUT2D eigenvalue weighted by Crippen LogP contribution is -2.92. The van der Waals surface area contributed by atoms with Crippen molar-refractivity contribution in [3.8, 4) is 0 Å². The van der Waals surface area contributed by atoms with Gasteiger partial charge in [-0.3, -0.25) is 4.79 Å². The molecular weight excluding hydrogens is 277 g/mol. The molecule has 0 fully saturated rings. The Morgan fingerprint density at radius 3 is 2.40 bits per heavy atom. The number of nitrogens with one attached hydrogen (secondary N) is 2. The number of carbonyl (C=O) groups excluding carboxylic acids is 2. The molecule has 2 rings (SSSR count). The van der Waals surface area contributed by atoms with Crippen molar-refractivity contribution < 1.29 is 32.5 Å². The normalized spacial score (nSPS) is 22.2. The Labute approximate surface area is 111 Å². The van der Waals surface area contributed by atoms with Gasteiger partial charge in [-0.05, 0) is 12.1 Å². The van der Waals surface area contributed by atoms with Crippen LogP contribution < -0.4 is 10.3 Å². The first-order valence-corrected chi connectivity index (χ1v) is 5.54. The fraction of sp³-hybridized carbons (Fsp3) is 0.250. The summed E-state index contributed by atoms with van der Waals surface area (Å²) in [4.78, 5) is 24.5. The van der Waals surface area contributed by atoms with Crippen LogP contribution in [0, 0.1) is 0 Å². The van der Waals surface area contributed by atoms with Gasteiger partial charge in [-0.15, -0.1) is 0 Å². The van der Waals surface area contributed by atoms with E-state index in [1.807, 2.05) is 10.3 Å². The van der Waals surface area contributed by atoms with E-state index in [4.69, 9.17) is 0 Å². The Hall–Kier alpha value is -2.38. The summed E-state index contributed by atoms with van der Waals surface area (Å²) >= 11 is 0. The van der Waals surface area contributed by atoms with E-state index in [-0.39, 0.29) is 5.84 Å². The molecule has 1 heterocycles. The maximum absolute atomic E-state index is 13.1. The maximum atomic E-state index is 13.1. The summed E-state index contributed by atoms with van der Waals surface area (Å²) in [6, 6.07) is 7.86. The summed E-state index contributed by atoms with van der Waals surface area (Å²) in [7, 11) is 0. The van der Waals surface area contributed by atoms with Crippen molar-refractivity contribution in [2.45, 2.75) is 18.8 Å². The highest BCUT2D eigenvalue weighted by atomic mass is 19.4. The summed E-state index contributed by atoms with van der Waals surface area (Å²) in [5, 5.41) is 2.04.